The second-order valence-corrected chi connectivity index (χ2v) is 3.33. The van der Waals surface area contributed by atoms with Gasteiger partial charge in [-0.25, -0.2) is 4.79 Å². The first-order valence-corrected chi connectivity index (χ1v) is 5.44. The van der Waals surface area contributed by atoms with Crippen molar-refractivity contribution in [3.05, 3.63) is 12.2 Å². The first kappa shape index (κ1) is 13.7. The lowest BCUT2D eigenvalue weighted by Crippen LogP contribution is -2.10. The molecule has 0 aromatic heterocycles. The van der Waals surface area contributed by atoms with Crippen molar-refractivity contribution in [3.8, 4) is 6.07 Å². The van der Waals surface area contributed by atoms with Gasteiger partial charge in [0.05, 0.1) is 18.6 Å². The molecule has 0 saturated heterocycles. The van der Waals surface area contributed by atoms with Crippen LogP contribution in [-0.4, -0.2) is 12.6 Å². The topological polar surface area (TPSA) is 50.1 Å². The Morgan fingerprint density at radius 3 is 2.47 bits per heavy atom. The molecule has 0 N–H and O–H groups in total. The Bertz CT molecular complexity index is 253. The van der Waals surface area contributed by atoms with Gasteiger partial charge in [0.15, 0.2) is 0 Å². The molecule has 3 heteroatoms. The molecular weight excluding hydrogens is 190 g/mol. The lowest BCUT2D eigenvalue weighted by Gasteiger charge is -2.14. The number of nitriles is 1. The van der Waals surface area contributed by atoms with Crippen molar-refractivity contribution in [2.45, 2.75) is 33.6 Å². The molecule has 3 nitrogen and oxygen atoms in total. The van der Waals surface area contributed by atoms with Gasteiger partial charge in [-0.3, -0.25) is 0 Å². The molecule has 2 unspecified atom stereocenters. The van der Waals surface area contributed by atoms with E-state index in [-0.39, 0.29) is 17.8 Å². The van der Waals surface area contributed by atoms with E-state index in [1.165, 1.54) is 6.08 Å². The maximum atomic E-state index is 11.1. The van der Waals surface area contributed by atoms with E-state index in [0.29, 0.717) is 6.61 Å². The molecule has 0 heterocycles. The molecule has 0 radical (unpaired) electrons. The zero-order chi connectivity index (χ0) is 11.7. The van der Waals surface area contributed by atoms with E-state index in [1.54, 1.807) is 13.0 Å². The highest BCUT2D eigenvalue weighted by atomic mass is 16.5. The van der Waals surface area contributed by atoms with Gasteiger partial charge >= 0.3 is 5.97 Å². The van der Waals surface area contributed by atoms with Crippen LogP contribution in [0.5, 0.6) is 0 Å². The third kappa shape index (κ3) is 5.21. The fraction of sp³-hybridized carbons (Fsp3) is 0.667. The maximum absolute atomic E-state index is 11.1. The molecule has 0 aliphatic rings. The Balaban J connectivity index is 4.32. The van der Waals surface area contributed by atoms with Gasteiger partial charge in [-0.1, -0.05) is 19.9 Å². The smallest absolute Gasteiger partial charge is 0.330 e. The van der Waals surface area contributed by atoms with Gasteiger partial charge in [0, 0.05) is 6.08 Å². The van der Waals surface area contributed by atoms with Crippen LogP contribution in [0, 0.1) is 23.2 Å². The number of allylic oxidation sites excluding steroid dienone is 1. The van der Waals surface area contributed by atoms with Crippen molar-refractivity contribution in [1.82, 2.24) is 0 Å². The van der Waals surface area contributed by atoms with Gasteiger partial charge < -0.3 is 4.74 Å². The summed E-state index contributed by atoms with van der Waals surface area (Å²) in [7, 11) is 0. The predicted octanol–water partition coefficient (Wildman–Crippen LogP) is 2.68. The summed E-state index contributed by atoms with van der Waals surface area (Å²) in [5.41, 5.74) is 0. The quantitative estimate of drug-likeness (QED) is 0.499. The van der Waals surface area contributed by atoms with Crippen LogP contribution in [0.15, 0.2) is 12.2 Å². The van der Waals surface area contributed by atoms with Gasteiger partial charge in [0.1, 0.15) is 0 Å². The molecule has 0 aromatic rings. The third-order valence-electron chi connectivity index (χ3n) is 2.36. The molecule has 0 fully saturated rings. The van der Waals surface area contributed by atoms with Crippen LogP contribution in [0.25, 0.3) is 0 Å². The molecule has 0 aliphatic heterocycles. The summed E-state index contributed by atoms with van der Waals surface area (Å²) in [5, 5.41) is 8.90. The number of nitrogens with zero attached hydrogens (tertiary/aromatic N) is 1. The van der Waals surface area contributed by atoms with Crippen molar-refractivity contribution in [1.29, 1.82) is 5.26 Å². The predicted molar refractivity (Wildman–Crippen MR) is 58.9 cm³/mol. The third-order valence-corrected chi connectivity index (χ3v) is 2.36. The van der Waals surface area contributed by atoms with E-state index in [2.05, 4.69) is 6.07 Å². The Kier molecular flexibility index (Phi) is 7.35. The molecule has 0 amide bonds. The van der Waals surface area contributed by atoms with Gasteiger partial charge in [0.2, 0.25) is 0 Å². The Labute approximate surface area is 91.7 Å². The summed E-state index contributed by atoms with van der Waals surface area (Å²) in [5.74, 6) is -0.200. The largest absolute Gasteiger partial charge is 0.463 e. The molecule has 0 aliphatic carbocycles. The van der Waals surface area contributed by atoms with E-state index in [9.17, 15) is 4.79 Å². The molecule has 0 spiro atoms. The molecule has 0 bridgehead atoms. The molecule has 84 valence electrons. The minimum Gasteiger partial charge on any atom is -0.463 e. The van der Waals surface area contributed by atoms with E-state index < -0.39 is 0 Å². The fourth-order valence-electron chi connectivity index (χ4n) is 1.44. The van der Waals surface area contributed by atoms with E-state index >= 15 is 0 Å². The highest BCUT2D eigenvalue weighted by Gasteiger charge is 2.15. The molecule has 0 aromatic carbocycles. The van der Waals surface area contributed by atoms with E-state index in [4.69, 9.17) is 10.00 Å². The van der Waals surface area contributed by atoms with Gasteiger partial charge in [-0.15, -0.1) is 0 Å². The van der Waals surface area contributed by atoms with Crippen LogP contribution in [0.4, 0.5) is 0 Å². The van der Waals surface area contributed by atoms with Crippen LogP contribution in [0.3, 0.4) is 0 Å². The Hall–Kier alpha value is -1.30. The summed E-state index contributed by atoms with van der Waals surface area (Å²) in [6, 6.07) is 2.26. The standard InChI is InChI=1S/C12H19NO2/c1-4-10(11(5-2)9-13)7-8-12(14)15-6-3/h7-8,10-11H,4-6H2,1-3H3. The van der Waals surface area contributed by atoms with Crippen molar-refractivity contribution >= 4 is 5.97 Å². The number of hydrogen-bond acceptors (Lipinski definition) is 3. The number of esters is 1. The number of ether oxygens (including phenoxy) is 1. The molecule has 0 rings (SSSR count). The summed E-state index contributed by atoms with van der Waals surface area (Å²) in [6.45, 7) is 6.15. The maximum Gasteiger partial charge on any atom is 0.330 e. The first-order chi connectivity index (χ1) is 7.19. The Morgan fingerprint density at radius 2 is 2.07 bits per heavy atom. The summed E-state index contributed by atoms with van der Waals surface area (Å²) < 4.78 is 4.78. The SMILES string of the molecule is CCOC(=O)C=CC(CC)C(C#N)CC. The minimum absolute atomic E-state index is 0.0133. The number of hydrogen-bond donors (Lipinski definition) is 0. The fourth-order valence-corrected chi connectivity index (χ4v) is 1.44. The van der Waals surface area contributed by atoms with Gasteiger partial charge in [-0.05, 0) is 25.7 Å². The van der Waals surface area contributed by atoms with Crippen LogP contribution in [0.2, 0.25) is 0 Å². The van der Waals surface area contributed by atoms with E-state index in [0.717, 1.165) is 12.8 Å². The molecule has 0 saturated carbocycles. The Morgan fingerprint density at radius 1 is 1.40 bits per heavy atom. The molecule has 2 atom stereocenters. The zero-order valence-corrected chi connectivity index (χ0v) is 9.69. The monoisotopic (exact) mass is 209 g/mol. The van der Waals surface area contributed by atoms with Gasteiger partial charge in [0.25, 0.3) is 0 Å². The normalized spacial score (nSPS) is 14.5. The van der Waals surface area contributed by atoms with Crippen LogP contribution in [-0.2, 0) is 9.53 Å². The van der Waals surface area contributed by atoms with E-state index in [1.807, 2.05) is 13.8 Å². The van der Waals surface area contributed by atoms with Crippen molar-refractivity contribution in [3.63, 3.8) is 0 Å². The number of carbonyl (C=O) groups excluding carboxylic acids is 1. The lowest BCUT2D eigenvalue weighted by atomic mass is 9.89. The number of rotatable bonds is 6. The second kappa shape index (κ2) is 8.05. The van der Waals surface area contributed by atoms with Crippen LogP contribution >= 0.6 is 0 Å². The van der Waals surface area contributed by atoms with Crippen molar-refractivity contribution in [2.24, 2.45) is 11.8 Å². The highest BCUT2D eigenvalue weighted by molar-refractivity contribution is 5.81. The first-order valence-electron chi connectivity index (χ1n) is 5.44. The van der Waals surface area contributed by atoms with Crippen molar-refractivity contribution < 1.29 is 9.53 Å². The summed E-state index contributed by atoms with van der Waals surface area (Å²) in [4.78, 5) is 11.1. The van der Waals surface area contributed by atoms with Crippen LogP contribution < -0.4 is 0 Å². The zero-order valence-electron chi connectivity index (χ0n) is 9.69. The minimum atomic E-state index is -0.330. The second-order valence-electron chi connectivity index (χ2n) is 3.33. The van der Waals surface area contributed by atoms with Crippen molar-refractivity contribution in [2.75, 3.05) is 6.61 Å². The van der Waals surface area contributed by atoms with Crippen LogP contribution in [0.1, 0.15) is 33.6 Å². The average Bonchev–Trinajstić information content (AvgIpc) is 2.24. The lowest BCUT2D eigenvalue weighted by molar-refractivity contribution is -0.137. The number of carbonyl (C=O) groups is 1. The summed E-state index contributed by atoms with van der Waals surface area (Å²) >= 11 is 0. The molecular formula is C12H19NO2. The molecule has 15 heavy (non-hydrogen) atoms. The van der Waals surface area contributed by atoms with Gasteiger partial charge in [-0.2, -0.15) is 5.26 Å². The average molecular weight is 209 g/mol. The highest BCUT2D eigenvalue weighted by Crippen LogP contribution is 2.19. The summed E-state index contributed by atoms with van der Waals surface area (Å²) in [6.07, 6.45) is 4.89.